The summed E-state index contributed by atoms with van der Waals surface area (Å²) in [6, 6.07) is 9.28. The van der Waals surface area contributed by atoms with E-state index in [-0.39, 0.29) is 11.8 Å². The minimum absolute atomic E-state index is 0.00106. The summed E-state index contributed by atoms with van der Waals surface area (Å²) in [6.07, 6.45) is 3.44. The zero-order chi connectivity index (χ0) is 17.8. The van der Waals surface area contributed by atoms with Crippen LogP contribution in [0.2, 0.25) is 5.02 Å². The molecule has 6 heteroatoms. The summed E-state index contributed by atoms with van der Waals surface area (Å²) in [5.41, 5.74) is 1.86. The highest BCUT2D eigenvalue weighted by atomic mass is 35.5. The van der Waals surface area contributed by atoms with Crippen molar-refractivity contribution in [2.24, 2.45) is 5.92 Å². The smallest absolute Gasteiger partial charge is 0.227 e. The predicted molar refractivity (Wildman–Crippen MR) is 101 cm³/mol. The molecule has 0 unspecified atom stereocenters. The summed E-state index contributed by atoms with van der Waals surface area (Å²) in [5.74, 6) is 1.65. The van der Waals surface area contributed by atoms with Crippen LogP contribution in [0.25, 0.3) is 0 Å². The van der Waals surface area contributed by atoms with E-state index < -0.39 is 0 Å². The van der Waals surface area contributed by atoms with Gasteiger partial charge in [0.25, 0.3) is 0 Å². The lowest BCUT2D eigenvalue weighted by Crippen LogP contribution is -2.38. The first-order valence-corrected chi connectivity index (χ1v) is 8.77. The van der Waals surface area contributed by atoms with Crippen molar-refractivity contribution < 1.29 is 9.53 Å². The fraction of sp³-hybridized carbons (Fsp3) is 0.368. The van der Waals surface area contributed by atoms with Crippen molar-refractivity contribution in [2.75, 3.05) is 30.4 Å². The number of aromatic nitrogens is 1. The Labute approximate surface area is 153 Å². The Kier molecular flexibility index (Phi) is 5.43. The summed E-state index contributed by atoms with van der Waals surface area (Å²) < 4.78 is 5.13. The van der Waals surface area contributed by atoms with Crippen molar-refractivity contribution in [1.29, 1.82) is 0 Å². The molecular formula is C19H22ClN3O2. The SMILES string of the molecule is COc1ccc(NC(=O)C2CCN(c3ncccc3C)CC2)cc1Cl. The van der Waals surface area contributed by atoms with E-state index in [4.69, 9.17) is 16.3 Å². The van der Waals surface area contributed by atoms with Gasteiger partial charge in [-0.25, -0.2) is 4.98 Å². The van der Waals surface area contributed by atoms with Crippen LogP contribution >= 0.6 is 11.6 Å². The summed E-state index contributed by atoms with van der Waals surface area (Å²) in [7, 11) is 1.57. The molecular weight excluding hydrogens is 338 g/mol. The van der Waals surface area contributed by atoms with E-state index in [1.165, 1.54) is 5.56 Å². The molecule has 1 aromatic heterocycles. The number of ether oxygens (including phenoxy) is 1. The van der Waals surface area contributed by atoms with Crippen molar-refractivity contribution >= 4 is 29.0 Å². The van der Waals surface area contributed by atoms with Crippen LogP contribution in [0.3, 0.4) is 0 Å². The average molecular weight is 360 g/mol. The molecule has 1 aliphatic rings. The highest BCUT2D eigenvalue weighted by molar-refractivity contribution is 6.32. The van der Waals surface area contributed by atoms with E-state index in [0.29, 0.717) is 16.5 Å². The van der Waals surface area contributed by atoms with Crippen LogP contribution in [0, 0.1) is 12.8 Å². The number of halogens is 1. The molecule has 1 aliphatic heterocycles. The van der Waals surface area contributed by atoms with E-state index in [1.807, 2.05) is 12.3 Å². The van der Waals surface area contributed by atoms with E-state index in [0.717, 1.165) is 31.7 Å². The van der Waals surface area contributed by atoms with Crippen LogP contribution in [0.1, 0.15) is 18.4 Å². The molecule has 0 saturated carbocycles. The number of methoxy groups -OCH3 is 1. The minimum atomic E-state index is 0.00106. The third-order valence-corrected chi connectivity index (χ3v) is 4.86. The maximum absolute atomic E-state index is 12.5. The van der Waals surface area contributed by atoms with Crippen molar-refractivity contribution in [1.82, 2.24) is 4.98 Å². The number of anilines is 2. The van der Waals surface area contributed by atoms with Crippen LogP contribution in [0.15, 0.2) is 36.5 Å². The lowest BCUT2D eigenvalue weighted by Gasteiger charge is -2.33. The second-order valence-corrected chi connectivity index (χ2v) is 6.65. The third-order valence-electron chi connectivity index (χ3n) is 4.57. The summed E-state index contributed by atoms with van der Waals surface area (Å²) in [4.78, 5) is 19.2. The van der Waals surface area contributed by atoms with Gasteiger partial charge in [0.05, 0.1) is 12.1 Å². The van der Waals surface area contributed by atoms with E-state index >= 15 is 0 Å². The number of amides is 1. The number of carbonyl (C=O) groups excluding carboxylic acids is 1. The van der Waals surface area contributed by atoms with Gasteiger partial charge in [0, 0.05) is 30.9 Å². The van der Waals surface area contributed by atoms with E-state index in [2.05, 4.69) is 28.2 Å². The van der Waals surface area contributed by atoms with Crippen LogP contribution in [0.4, 0.5) is 11.5 Å². The zero-order valence-corrected chi connectivity index (χ0v) is 15.2. The first-order valence-electron chi connectivity index (χ1n) is 8.39. The quantitative estimate of drug-likeness (QED) is 0.899. The molecule has 0 spiro atoms. The van der Waals surface area contributed by atoms with Crippen LogP contribution in [-0.2, 0) is 4.79 Å². The monoisotopic (exact) mass is 359 g/mol. The average Bonchev–Trinajstić information content (AvgIpc) is 2.62. The summed E-state index contributed by atoms with van der Waals surface area (Å²) in [6.45, 7) is 3.73. The van der Waals surface area contributed by atoms with Crippen molar-refractivity contribution in [2.45, 2.75) is 19.8 Å². The second-order valence-electron chi connectivity index (χ2n) is 6.24. The third kappa shape index (κ3) is 4.04. The Morgan fingerprint density at radius 1 is 1.32 bits per heavy atom. The molecule has 3 rings (SSSR count). The number of nitrogens with one attached hydrogen (secondary N) is 1. The molecule has 0 aliphatic carbocycles. The summed E-state index contributed by atoms with van der Waals surface area (Å²) >= 11 is 6.11. The van der Waals surface area contributed by atoms with Gasteiger partial charge in [0.2, 0.25) is 5.91 Å². The fourth-order valence-electron chi connectivity index (χ4n) is 3.15. The fourth-order valence-corrected chi connectivity index (χ4v) is 3.41. The maximum atomic E-state index is 12.5. The van der Waals surface area contributed by atoms with Crippen LogP contribution < -0.4 is 15.0 Å². The van der Waals surface area contributed by atoms with Crippen molar-refractivity contribution in [3.8, 4) is 5.75 Å². The minimum Gasteiger partial charge on any atom is -0.495 e. The summed E-state index contributed by atoms with van der Waals surface area (Å²) in [5, 5.41) is 3.44. The lowest BCUT2D eigenvalue weighted by molar-refractivity contribution is -0.120. The number of aryl methyl sites for hydroxylation is 1. The highest BCUT2D eigenvalue weighted by Crippen LogP contribution is 2.29. The number of hydrogen-bond donors (Lipinski definition) is 1. The topological polar surface area (TPSA) is 54.5 Å². The molecule has 1 N–H and O–H groups in total. The Bertz CT molecular complexity index is 758. The normalized spacial score (nSPS) is 15.1. The molecule has 2 aromatic rings. The Morgan fingerprint density at radius 2 is 2.08 bits per heavy atom. The molecule has 5 nitrogen and oxygen atoms in total. The number of piperidine rings is 1. The molecule has 1 fully saturated rings. The Morgan fingerprint density at radius 3 is 2.72 bits per heavy atom. The largest absolute Gasteiger partial charge is 0.495 e. The number of pyridine rings is 1. The molecule has 132 valence electrons. The van der Waals surface area contributed by atoms with Gasteiger partial charge in [-0.3, -0.25) is 4.79 Å². The number of benzene rings is 1. The predicted octanol–water partition coefficient (Wildman–Crippen LogP) is 3.91. The van der Waals surface area contributed by atoms with Gasteiger partial charge in [0.1, 0.15) is 11.6 Å². The standard InChI is InChI=1S/C19H22ClN3O2/c1-13-4-3-9-21-18(13)23-10-7-14(8-11-23)19(24)22-15-5-6-17(25-2)16(20)12-15/h3-6,9,12,14H,7-8,10-11H2,1-2H3,(H,22,24). The lowest BCUT2D eigenvalue weighted by atomic mass is 9.95. The Balaban J connectivity index is 1.58. The van der Waals surface area contributed by atoms with Crippen molar-refractivity contribution in [3.63, 3.8) is 0 Å². The van der Waals surface area contributed by atoms with Gasteiger partial charge in [-0.15, -0.1) is 0 Å². The van der Waals surface area contributed by atoms with Crippen molar-refractivity contribution in [3.05, 3.63) is 47.1 Å². The molecule has 1 amide bonds. The zero-order valence-electron chi connectivity index (χ0n) is 14.5. The van der Waals surface area contributed by atoms with Gasteiger partial charge in [0.15, 0.2) is 0 Å². The number of nitrogens with zero attached hydrogens (tertiary/aromatic N) is 2. The first kappa shape index (κ1) is 17.5. The van der Waals surface area contributed by atoms with Gasteiger partial charge < -0.3 is 15.0 Å². The van der Waals surface area contributed by atoms with E-state index in [9.17, 15) is 4.79 Å². The molecule has 1 saturated heterocycles. The Hall–Kier alpha value is -2.27. The number of hydrogen-bond acceptors (Lipinski definition) is 4. The van der Waals surface area contributed by atoms with Gasteiger partial charge >= 0.3 is 0 Å². The second kappa shape index (κ2) is 7.74. The molecule has 0 atom stereocenters. The molecule has 25 heavy (non-hydrogen) atoms. The van der Waals surface area contributed by atoms with Crippen LogP contribution in [-0.4, -0.2) is 31.1 Å². The molecule has 2 heterocycles. The molecule has 0 bridgehead atoms. The first-order chi connectivity index (χ1) is 12.1. The van der Waals surface area contributed by atoms with Gasteiger partial charge in [-0.2, -0.15) is 0 Å². The van der Waals surface area contributed by atoms with Crippen LogP contribution in [0.5, 0.6) is 5.75 Å². The molecule has 1 aromatic carbocycles. The maximum Gasteiger partial charge on any atom is 0.227 e. The highest BCUT2D eigenvalue weighted by Gasteiger charge is 2.26. The van der Waals surface area contributed by atoms with Gasteiger partial charge in [-0.05, 0) is 49.6 Å². The number of rotatable bonds is 4. The number of carbonyl (C=O) groups is 1. The molecule has 0 radical (unpaired) electrons. The van der Waals surface area contributed by atoms with E-state index in [1.54, 1.807) is 25.3 Å². The van der Waals surface area contributed by atoms with Gasteiger partial charge in [-0.1, -0.05) is 17.7 Å².